The molecule has 59 valence electrons. The van der Waals surface area contributed by atoms with Gasteiger partial charge in [0.05, 0.1) is 0 Å². The number of hydrogen-bond donors (Lipinski definition) is 1. The van der Waals surface area contributed by atoms with Crippen LogP contribution in [0.25, 0.3) is 0 Å². The van der Waals surface area contributed by atoms with Crippen molar-refractivity contribution >= 4 is 5.91 Å². The summed E-state index contributed by atoms with van der Waals surface area (Å²) in [5.41, 5.74) is 11.9. The van der Waals surface area contributed by atoms with E-state index in [0.717, 1.165) is 19.3 Å². The fraction of sp³-hybridized carbons (Fsp3) is 0.857. The van der Waals surface area contributed by atoms with Crippen molar-refractivity contribution in [3.63, 3.8) is 0 Å². The summed E-state index contributed by atoms with van der Waals surface area (Å²) in [6.45, 7) is 2.28. The first-order valence-electron chi connectivity index (χ1n) is 3.62. The molecule has 0 fully saturated rings. The molecule has 0 aromatic heterocycles. The molecule has 1 amide bonds. The van der Waals surface area contributed by atoms with Crippen LogP contribution in [0.4, 0.5) is 0 Å². The van der Waals surface area contributed by atoms with E-state index in [9.17, 15) is 4.79 Å². The first kappa shape index (κ1) is 9.43. The zero-order valence-electron chi connectivity index (χ0n) is 6.39. The second kappa shape index (κ2) is 5.23. The van der Waals surface area contributed by atoms with E-state index in [2.05, 4.69) is 0 Å². The van der Waals surface area contributed by atoms with Gasteiger partial charge < -0.3 is 5.73 Å². The number of carbonyl (C=O) groups excluding carboxylic acids is 1. The van der Waals surface area contributed by atoms with E-state index < -0.39 is 0 Å². The van der Waals surface area contributed by atoms with Crippen molar-refractivity contribution in [1.82, 2.24) is 5.73 Å². The molecule has 0 rings (SSSR count). The number of unbranched alkanes of at least 4 members (excludes halogenated alkanes) is 1. The number of carbonyl (C=O) groups is 1. The lowest BCUT2D eigenvalue weighted by atomic mass is 10.0. The zero-order valence-corrected chi connectivity index (χ0v) is 6.39. The molecule has 0 aromatic carbocycles. The molecule has 0 saturated heterocycles. The number of nitrogens with two attached hydrogens (primary N) is 1. The Hall–Kier alpha value is -0.570. The largest absolute Gasteiger partial charge is 0.369 e. The maximum atomic E-state index is 10.5. The summed E-state index contributed by atoms with van der Waals surface area (Å²) in [5.74, 6) is -0.253. The van der Waals surface area contributed by atoms with Gasteiger partial charge in [0.2, 0.25) is 5.91 Å². The molecule has 1 atom stereocenters. The van der Waals surface area contributed by atoms with Crippen LogP contribution in [0.1, 0.15) is 26.2 Å². The fourth-order valence-electron chi connectivity index (χ4n) is 0.718. The van der Waals surface area contributed by atoms with E-state index in [1.54, 1.807) is 0 Å². The maximum absolute atomic E-state index is 10.5. The minimum Gasteiger partial charge on any atom is -0.369 e. The van der Waals surface area contributed by atoms with Gasteiger partial charge in [-0.15, -0.1) is 0 Å². The van der Waals surface area contributed by atoms with Gasteiger partial charge in [-0.25, -0.2) is 0 Å². The van der Waals surface area contributed by atoms with Gasteiger partial charge >= 0.3 is 0 Å². The Balaban J connectivity index is 3.21. The van der Waals surface area contributed by atoms with E-state index in [1.165, 1.54) is 0 Å². The molecule has 1 unspecified atom stereocenters. The van der Waals surface area contributed by atoms with Crippen LogP contribution >= 0.6 is 0 Å². The van der Waals surface area contributed by atoms with Crippen molar-refractivity contribution in [3.8, 4) is 0 Å². The van der Waals surface area contributed by atoms with Crippen molar-refractivity contribution in [2.24, 2.45) is 11.7 Å². The molecule has 10 heavy (non-hydrogen) atoms. The predicted octanol–water partition coefficient (Wildman–Crippen LogP) is 0.561. The number of hydrogen-bond acceptors (Lipinski definition) is 1. The highest BCUT2D eigenvalue weighted by Gasteiger charge is 2.06. The first-order chi connectivity index (χ1) is 4.68. The lowest BCUT2D eigenvalue weighted by Crippen LogP contribution is -2.20. The highest BCUT2D eigenvalue weighted by Crippen LogP contribution is 2.05. The third kappa shape index (κ3) is 4.32. The van der Waals surface area contributed by atoms with Crippen LogP contribution in [0.2, 0.25) is 0 Å². The monoisotopic (exact) mass is 143 g/mol. The van der Waals surface area contributed by atoms with Gasteiger partial charge in [0.15, 0.2) is 0 Å². The molecule has 0 saturated carbocycles. The second-order valence-electron chi connectivity index (χ2n) is 2.55. The molecule has 0 spiro atoms. The molecule has 1 radical (unpaired) electrons. The Bertz CT molecular complexity index is 104. The van der Waals surface area contributed by atoms with Crippen molar-refractivity contribution in [2.45, 2.75) is 26.2 Å². The molecule has 0 aliphatic rings. The molecule has 0 bridgehead atoms. The molecular weight excluding hydrogens is 128 g/mol. The van der Waals surface area contributed by atoms with E-state index in [-0.39, 0.29) is 11.8 Å². The van der Waals surface area contributed by atoms with Crippen LogP contribution in [0.15, 0.2) is 0 Å². The van der Waals surface area contributed by atoms with E-state index in [0.29, 0.717) is 6.54 Å². The lowest BCUT2D eigenvalue weighted by molar-refractivity contribution is -0.121. The highest BCUT2D eigenvalue weighted by atomic mass is 16.1. The Labute approximate surface area is 61.8 Å². The summed E-state index contributed by atoms with van der Waals surface area (Å²) in [4.78, 5) is 10.5. The van der Waals surface area contributed by atoms with Gasteiger partial charge in [-0.05, 0) is 12.8 Å². The van der Waals surface area contributed by atoms with E-state index in [1.807, 2.05) is 6.92 Å². The Morgan fingerprint density at radius 3 is 2.60 bits per heavy atom. The van der Waals surface area contributed by atoms with Crippen LogP contribution < -0.4 is 11.5 Å². The number of nitrogens with one attached hydrogen (secondary N) is 1. The van der Waals surface area contributed by atoms with Gasteiger partial charge in [0.1, 0.15) is 0 Å². The molecule has 3 heteroatoms. The topological polar surface area (TPSA) is 66.9 Å². The number of amides is 1. The second-order valence-corrected chi connectivity index (χ2v) is 2.55. The fourth-order valence-corrected chi connectivity index (χ4v) is 0.718. The summed E-state index contributed by atoms with van der Waals surface area (Å²) in [5, 5.41) is 0. The number of primary amides is 1. The minimum absolute atomic E-state index is 0.0217. The van der Waals surface area contributed by atoms with E-state index in [4.69, 9.17) is 11.5 Å². The maximum Gasteiger partial charge on any atom is 0.220 e. The molecule has 0 aromatic rings. The summed E-state index contributed by atoms with van der Waals surface area (Å²) in [6, 6.07) is 0. The lowest BCUT2D eigenvalue weighted by Gasteiger charge is -2.04. The van der Waals surface area contributed by atoms with E-state index >= 15 is 0 Å². The summed E-state index contributed by atoms with van der Waals surface area (Å²) in [6.07, 6.45) is 2.64. The van der Waals surface area contributed by atoms with Crippen LogP contribution in [-0.2, 0) is 4.79 Å². The number of rotatable bonds is 5. The van der Waals surface area contributed by atoms with Gasteiger partial charge in [-0.3, -0.25) is 10.5 Å². The van der Waals surface area contributed by atoms with Crippen molar-refractivity contribution in [2.75, 3.05) is 6.54 Å². The SMILES string of the molecule is CC(CCCC[NH])C(N)=O. The third-order valence-electron chi connectivity index (χ3n) is 1.55. The Kier molecular flexibility index (Phi) is 4.94. The van der Waals surface area contributed by atoms with Crippen LogP contribution in [0, 0.1) is 5.92 Å². The summed E-state index contributed by atoms with van der Waals surface area (Å²) >= 11 is 0. The van der Waals surface area contributed by atoms with Gasteiger partial charge in [-0.2, -0.15) is 0 Å². The molecule has 0 aliphatic carbocycles. The molecule has 3 nitrogen and oxygen atoms in total. The average Bonchev–Trinajstić information content (AvgIpc) is 1.88. The molecule has 3 N–H and O–H groups in total. The van der Waals surface area contributed by atoms with Crippen molar-refractivity contribution in [1.29, 1.82) is 0 Å². The van der Waals surface area contributed by atoms with Crippen LogP contribution in [0.3, 0.4) is 0 Å². The zero-order chi connectivity index (χ0) is 7.98. The molecule has 0 heterocycles. The normalized spacial score (nSPS) is 13.0. The first-order valence-corrected chi connectivity index (χ1v) is 3.62. The predicted molar refractivity (Wildman–Crippen MR) is 40.2 cm³/mol. The summed E-state index contributed by atoms with van der Waals surface area (Å²) < 4.78 is 0. The Morgan fingerprint density at radius 2 is 2.20 bits per heavy atom. The van der Waals surface area contributed by atoms with Crippen molar-refractivity contribution in [3.05, 3.63) is 0 Å². The van der Waals surface area contributed by atoms with Gasteiger partial charge in [0.25, 0.3) is 0 Å². The highest BCUT2D eigenvalue weighted by molar-refractivity contribution is 5.76. The van der Waals surface area contributed by atoms with Gasteiger partial charge in [-0.1, -0.05) is 13.3 Å². The standard InChI is InChI=1S/C7H15N2O/c1-6(7(9)10)4-2-3-5-8/h6,8H,2-5H2,1H3,(H2,9,10). The average molecular weight is 143 g/mol. The van der Waals surface area contributed by atoms with Crippen LogP contribution in [-0.4, -0.2) is 12.5 Å². The Morgan fingerprint density at radius 1 is 1.60 bits per heavy atom. The van der Waals surface area contributed by atoms with Crippen LogP contribution in [0.5, 0.6) is 0 Å². The quantitative estimate of drug-likeness (QED) is 0.561. The van der Waals surface area contributed by atoms with Crippen molar-refractivity contribution < 1.29 is 4.79 Å². The van der Waals surface area contributed by atoms with Gasteiger partial charge in [0, 0.05) is 12.5 Å². The molecular formula is C7H15N2O. The minimum atomic E-state index is -0.231. The summed E-state index contributed by atoms with van der Waals surface area (Å²) in [7, 11) is 0. The molecule has 0 aliphatic heterocycles. The smallest absolute Gasteiger partial charge is 0.220 e. The third-order valence-corrected chi connectivity index (χ3v) is 1.55.